The van der Waals surface area contributed by atoms with Gasteiger partial charge in [-0.15, -0.1) is 0 Å². The van der Waals surface area contributed by atoms with Crippen LogP contribution in [-0.2, 0) is 4.79 Å². The summed E-state index contributed by atoms with van der Waals surface area (Å²) in [5, 5.41) is 14.0. The van der Waals surface area contributed by atoms with E-state index in [1.165, 1.54) is 0 Å². The second-order valence-electron chi connectivity index (χ2n) is 6.71. The highest BCUT2D eigenvalue weighted by atomic mass is 35.5. The highest BCUT2D eigenvalue weighted by molar-refractivity contribution is 6.30. The van der Waals surface area contributed by atoms with Gasteiger partial charge in [0.1, 0.15) is 11.9 Å². The molecule has 3 rings (SSSR count). The smallest absolute Gasteiger partial charge is 0.262 e. The number of ether oxygens (including phenoxy) is 1. The normalized spacial score (nSPS) is 11.7. The molecule has 0 aromatic heterocycles. The largest absolute Gasteiger partial charge is 0.484 e. The predicted octanol–water partition coefficient (Wildman–Crippen LogP) is 5.06. The van der Waals surface area contributed by atoms with E-state index < -0.39 is 6.10 Å². The highest BCUT2D eigenvalue weighted by Gasteiger charge is 2.17. The van der Waals surface area contributed by atoms with Gasteiger partial charge in [-0.2, -0.15) is 0 Å². The molecule has 3 aromatic rings. The lowest BCUT2D eigenvalue weighted by atomic mass is 10.00. The summed E-state index contributed by atoms with van der Waals surface area (Å²) < 4.78 is 5.61. The summed E-state index contributed by atoms with van der Waals surface area (Å²) >= 11 is 6.11. The van der Waals surface area contributed by atoms with Crippen molar-refractivity contribution >= 4 is 23.2 Å². The third-order valence-corrected chi connectivity index (χ3v) is 4.50. The summed E-state index contributed by atoms with van der Waals surface area (Å²) in [6.45, 7) is 3.82. The number of amides is 1. The number of benzene rings is 3. The van der Waals surface area contributed by atoms with E-state index in [-0.39, 0.29) is 12.5 Å². The highest BCUT2D eigenvalue weighted by Crippen LogP contribution is 2.31. The Bertz CT molecular complexity index is 953. The van der Waals surface area contributed by atoms with E-state index in [0.717, 1.165) is 11.1 Å². The quantitative estimate of drug-likeness (QED) is 0.613. The number of nitrogens with one attached hydrogen (secondary N) is 1. The van der Waals surface area contributed by atoms with Crippen LogP contribution in [0.2, 0.25) is 5.02 Å². The maximum atomic E-state index is 12.4. The Hall–Kier alpha value is -2.82. The lowest BCUT2D eigenvalue weighted by Crippen LogP contribution is -2.21. The maximum absolute atomic E-state index is 12.4. The van der Waals surface area contributed by atoms with Crippen molar-refractivity contribution in [3.05, 3.63) is 94.0 Å². The van der Waals surface area contributed by atoms with Gasteiger partial charge in [0, 0.05) is 16.3 Å². The van der Waals surface area contributed by atoms with Crippen LogP contribution in [0.25, 0.3) is 0 Å². The second kappa shape index (κ2) is 8.91. The first-order valence-electron chi connectivity index (χ1n) is 8.96. The first-order valence-corrected chi connectivity index (χ1v) is 9.33. The molecule has 0 aliphatic carbocycles. The molecule has 5 heteroatoms. The van der Waals surface area contributed by atoms with Crippen molar-refractivity contribution in [2.75, 3.05) is 11.9 Å². The van der Waals surface area contributed by atoms with Crippen LogP contribution in [-0.4, -0.2) is 17.6 Å². The van der Waals surface area contributed by atoms with Gasteiger partial charge in [0.05, 0.1) is 0 Å². The van der Waals surface area contributed by atoms with Crippen LogP contribution in [0.5, 0.6) is 5.75 Å². The van der Waals surface area contributed by atoms with Crippen molar-refractivity contribution in [2.24, 2.45) is 0 Å². The fourth-order valence-corrected chi connectivity index (χ4v) is 3.22. The molecule has 2 N–H and O–H groups in total. The Kier molecular flexibility index (Phi) is 6.34. The Labute approximate surface area is 169 Å². The van der Waals surface area contributed by atoms with Crippen molar-refractivity contribution in [3.8, 4) is 5.75 Å². The van der Waals surface area contributed by atoms with Crippen molar-refractivity contribution in [1.82, 2.24) is 0 Å². The molecule has 0 radical (unpaired) electrons. The van der Waals surface area contributed by atoms with Gasteiger partial charge in [0.25, 0.3) is 5.91 Å². The zero-order valence-corrected chi connectivity index (χ0v) is 16.5. The van der Waals surface area contributed by atoms with E-state index in [0.29, 0.717) is 27.6 Å². The Morgan fingerprint density at radius 2 is 1.71 bits per heavy atom. The van der Waals surface area contributed by atoms with Gasteiger partial charge in [-0.1, -0.05) is 48.0 Å². The first kappa shape index (κ1) is 19.9. The molecular weight excluding hydrogens is 374 g/mol. The number of aryl methyl sites for hydroxylation is 2. The Morgan fingerprint density at radius 1 is 1.04 bits per heavy atom. The van der Waals surface area contributed by atoms with E-state index in [2.05, 4.69) is 5.32 Å². The van der Waals surface area contributed by atoms with Crippen LogP contribution >= 0.6 is 11.6 Å². The SMILES string of the molecule is Cc1cc(C)cc(OCC(=O)Nc2ccc(Cl)cc2C(O)c2ccccc2)c1. The molecule has 144 valence electrons. The Balaban J connectivity index is 1.74. The molecule has 0 spiro atoms. The zero-order chi connectivity index (χ0) is 20.1. The van der Waals surface area contributed by atoms with Crippen LogP contribution in [0, 0.1) is 13.8 Å². The van der Waals surface area contributed by atoms with E-state index in [1.807, 2.05) is 62.4 Å². The molecular formula is C23H22ClNO3. The van der Waals surface area contributed by atoms with Crippen LogP contribution < -0.4 is 10.1 Å². The van der Waals surface area contributed by atoms with E-state index in [1.54, 1.807) is 18.2 Å². The van der Waals surface area contributed by atoms with Crippen LogP contribution in [0.4, 0.5) is 5.69 Å². The van der Waals surface area contributed by atoms with Crippen molar-refractivity contribution in [3.63, 3.8) is 0 Å². The third kappa shape index (κ3) is 5.12. The van der Waals surface area contributed by atoms with Crippen molar-refractivity contribution in [1.29, 1.82) is 0 Å². The summed E-state index contributed by atoms with van der Waals surface area (Å²) in [6.07, 6.45) is -0.907. The minimum Gasteiger partial charge on any atom is -0.484 e. The minimum atomic E-state index is -0.907. The number of carbonyl (C=O) groups excluding carboxylic acids is 1. The molecule has 0 saturated heterocycles. The average Bonchev–Trinajstić information content (AvgIpc) is 2.67. The number of halogens is 1. The van der Waals surface area contributed by atoms with E-state index in [4.69, 9.17) is 16.3 Å². The van der Waals surface area contributed by atoms with Gasteiger partial charge in [0.2, 0.25) is 0 Å². The summed E-state index contributed by atoms with van der Waals surface area (Å²) in [5.74, 6) is 0.330. The fraction of sp³-hybridized carbons (Fsp3) is 0.174. The minimum absolute atomic E-state index is 0.133. The summed E-state index contributed by atoms with van der Waals surface area (Å²) in [5.41, 5.74) is 3.88. The monoisotopic (exact) mass is 395 g/mol. The molecule has 28 heavy (non-hydrogen) atoms. The fourth-order valence-electron chi connectivity index (χ4n) is 3.04. The van der Waals surface area contributed by atoms with Gasteiger partial charge < -0.3 is 15.2 Å². The van der Waals surface area contributed by atoms with Gasteiger partial charge in [-0.3, -0.25) is 4.79 Å². The van der Waals surface area contributed by atoms with E-state index >= 15 is 0 Å². The lowest BCUT2D eigenvalue weighted by Gasteiger charge is -2.17. The number of carbonyl (C=O) groups is 1. The average molecular weight is 396 g/mol. The summed E-state index contributed by atoms with van der Waals surface area (Å²) in [7, 11) is 0. The number of hydrogen-bond acceptors (Lipinski definition) is 3. The molecule has 1 amide bonds. The van der Waals surface area contributed by atoms with Crippen LogP contribution in [0.15, 0.2) is 66.7 Å². The van der Waals surface area contributed by atoms with Crippen molar-refractivity contribution in [2.45, 2.75) is 20.0 Å². The molecule has 0 heterocycles. The molecule has 4 nitrogen and oxygen atoms in total. The molecule has 1 atom stereocenters. The van der Waals surface area contributed by atoms with Crippen molar-refractivity contribution < 1.29 is 14.6 Å². The molecule has 0 aliphatic rings. The van der Waals surface area contributed by atoms with Crippen LogP contribution in [0.3, 0.4) is 0 Å². The molecule has 1 unspecified atom stereocenters. The first-order chi connectivity index (χ1) is 13.4. The Morgan fingerprint density at radius 3 is 2.39 bits per heavy atom. The number of aliphatic hydroxyl groups excluding tert-OH is 1. The van der Waals surface area contributed by atoms with Gasteiger partial charge >= 0.3 is 0 Å². The number of hydrogen-bond donors (Lipinski definition) is 2. The van der Waals surface area contributed by atoms with Crippen LogP contribution in [0.1, 0.15) is 28.4 Å². The molecule has 3 aromatic carbocycles. The number of aliphatic hydroxyl groups is 1. The molecule has 0 saturated carbocycles. The summed E-state index contributed by atoms with van der Waals surface area (Å²) in [4.78, 5) is 12.4. The van der Waals surface area contributed by atoms with Gasteiger partial charge in [0.15, 0.2) is 6.61 Å². The number of rotatable bonds is 6. The lowest BCUT2D eigenvalue weighted by molar-refractivity contribution is -0.118. The standard InChI is InChI=1S/C23H22ClNO3/c1-15-10-16(2)12-19(11-15)28-14-22(26)25-21-9-8-18(24)13-20(21)23(27)17-6-4-3-5-7-17/h3-13,23,27H,14H2,1-2H3,(H,25,26). The zero-order valence-electron chi connectivity index (χ0n) is 15.8. The molecule has 0 fully saturated rings. The van der Waals surface area contributed by atoms with Gasteiger partial charge in [-0.25, -0.2) is 0 Å². The summed E-state index contributed by atoms with van der Waals surface area (Å²) in [6, 6.07) is 20.0. The molecule has 0 bridgehead atoms. The third-order valence-electron chi connectivity index (χ3n) is 4.26. The van der Waals surface area contributed by atoms with Gasteiger partial charge in [-0.05, 0) is 60.9 Å². The van der Waals surface area contributed by atoms with E-state index in [9.17, 15) is 9.90 Å². The maximum Gasteiger partial charge on any atom is 0.262 e. The number of anilines is 1. The topological polar surface area (TPSA) is 58.6 Å². The molecule has 0 aliphatic heterocycles. The predicted molar refractivity (Wildman–Crippen MR) is 112 cm³/mol. The second-order valence-corrected chi connectivity index (χ2v) is 7.14.